The minimum Gasteiger partial charge on any atom is -0.229 e. The Morgan fingerprint density at radius 2 is 2.10 bits per heavy atom. The summed E-state index contributed by atoms with van der Waals surface area (Å²) in [5.41, 5.74) is 0.137. The van der Waals surface area contributed by atoms with E-state index in [0.29, 0.717) is 5.15 Å². The molecule has 0 amide bonds. The lowest BCUT2D eigenvalue weighted by molar-refractivity contribution is 0.585. The maximum atomic E-state index is 5.67. The van der Waals surface area contributed by atoms with Gasteiger partial charge in [0.15, 0.2) is 0 Å². The molecule has 1 heterocycles. The lowest BCUT2D eigenvalue weighted by atomic mass is 9.98. The second-order valence-electron chi connectivity index (χ2n) is 3.23. The Labute approximate surface area is 70.1 Å². The Morgan fingerprint density at radius 1 is 1.50 bits per heavy atom. The molecule has 10 heavy (non-hydrogen) atoms. The van der Waals surface area contributed by atoms with Gasteiger partial charge in [0.2, 0.25) is 0 Å². The van der Waals surface area contributed by atoms with Crippen molar-refractivity contribution >= 4 is 22.9 Å². The zero-order valence-electron chi connectivity index (χ0n) is 6.31. The van der Waals surface area contributed by atoms with Gasteiger partial charge in [-0.3, -0.25) is 0 Å². The molecule has 1 aromatic heterocycles. The fourth-order valence-electron chi connectivity index (χ4n) is 0.599. The summed E-state index contributed by atoms with van der Waals surface area (Å²) in [4.78, 5) is 4.17. The van der Waals surface area contributed by atoms with E-state index in [-0.39, 0.29) is 5.41 Å². The molecule has 0 spiro atoms. The number of aromatic nitrogens is 1. The average molecular weight is 176 g/mol. The van der Waals surface area contributed by atoms with Crippen LogP contribution >= 0.6 is 22.9 Å². The van der Waals surface area contributed by atoms with Crippen LogP contribution in [0, 0.1) is 0 Å². The standard InChI is InChI=1S/C7H10ClNS/c1-7(2,3)6-9-5(8)4-10-6/h4H,1-3H3. The van der Waals surface area contributed by atoms with Gasteiger partial charge in [-0.1, -0.05) is 32.4 Å². The SMILES string of the molecule is CC(C)(C)c1nc(Cl)cs1. The van der Waals surface area contributed by atoms with Crippen LogP contribution < -0.4 is 0 Å². The highest BCUT2D eigenvalue weighted by Gasteiger charge is 2.16. The molecular formula is C7H10ClNS. The highest BCUT2D eigenvalue weighted by Crippen LogP contribution is 2.26. The summed E-state index contributed by atoms with van der Waals surface area (Å²) in [7, 11) is 0. The van der Waals surface area contributed by atoms with E-state index < -0.39 is 0 Å². The highest BCUT2D eigenvalue weighted by molar-refractivity contribution is 7.10. The first-order valence-corrected chi connectivity index (χ1v) is 4.37. The van der Waals surface area contributed by atoms with Crippen molar-refractivity contribution in [3.8, 4) is 0 Å². The van der Waals surface area contributed by atoms with Gasteiger partial charge in [0.05, 0.1) is 5.01 Å². The molecule has 3 heteroatoms. The van der Waals surface area contributed by atoms with Crippen molar-refractivity contribution in [2.24, 2.45) is 0 Å². The summed E-state index contributed by atoms with van der Waals surface area (Å²) in [5.74, 6) is 0. The van der Waals surface area contributed by atoms with Crippen LogP contribution in [-0.4, -0.2) is 4.98 Å². The van der Waals surface area contributed by atoms with Crippen molar-refractivity contribution in [3.63, 3.8) is 0 Å². The minimum atomic E-state index is 0.137. The maximum absolute atomic E-state index is 5.67. The van der Waals surface area contributed by atoms with E-state index in [4.69, 9.17) is 11.6 Å². The van der Waals surface area contributed by atoms with Crippen molar-refractivity contribution in [2.45, 2.75) is 26.2 Å². The van der Waals surface area contributed by atoms with Crippen LogP contribution in [-0.2, 0) is 5.41 Å². The van der Waals surface area contributed by atoms with Gasteiger partial charge in [0, 0.05) is 10.8 Å². The first-order valence-electron chi connectivity index (χ1n) is 3.11. The van der Waals surface area contributed by atoms with Crippen LogP contribution in [0.5, 0.6) is 0 Å². The molecule has 0 bridgehead atoms. The molecule has 1 aromatic rings. The zero-order valence-corrected chi connectivity index (χ0v) is 7.88. The summed E-state index contributed by atoms with van der Waals surface area (Å²) >= 11 is 7.28. The number of hydrogen-bond acceptors (Lipinski definition) is 2. The quantitative estimate of drug-likeness (QED) is 0.591. The van der Waals surface area contributed by atoms with E-state index in [1.54, 1.807) is 11.3 Å². The fourth-order valence-corrected chi connectivity index (χ4v) is 1.63. The first-order chi connectivity index (χ1) is 4.50. The minimum absolute atomic E-state index is 0.137. The average Bonchev–Trinajstić information content (AvgIpc) is 2.11. The van der Waals surface area contributed by atoms with Gasteiger partial charge in [-0.15, -0.1) is 11.3 Å². The number of nitrogens with zero attached hydrogens (tertiary/aromatic N) is 1. The van der Waals surface area contributed by atoms with E-state index >= 15 is 0 Å². The molecule has 0 saturated carbocycles. The van der Waals surface area contributed by atoms with Crippen molar-refractivity contribution in [1.82, 2.24) is 4.98 Å². The topological polar surface area (TPSA) is 12.9 Å². The number of thiazole rings is 1. The summed E-state index contributed by atoms with van der Waals surface area (Å²) < 4.78 is 0. The highest BCUT2D eigenvalue weighted by atomic mass is 35.5. The van der Waals surface area contributed by atoms with E-state index in [1.807, 2.05) is 5.38 Å². The van der Waals surface area contributed by atoms with Gasteiger partial charge in [0.1, 0.15) is 5.15 Å². The molecule has 1 rings (SSSR count). The third kappa shape index (κ3) is 1.70. The Kier molecular flexibility index (Phi) is 2.02. The largest absolute Gasteiger partial charge is 0.229 e. The van der Waals surface area contributed by atoms with Gasteiger partial charge in [-0.05, 0) is 0 Å². The molecule has 0 saturated heterocycles. The van der Waals surface area contributed by atoms with E-state index in [1.165, 1.54) is 0 Å². The summed E-state index contributed by atoms with van der Waals surface area (Å²) in [6.45, 7) is 6.38. The van der Waals surface area contributed by atoms with Gasteiger partial charge in [-0.2, -0.15) is 0 Å². The van der Waals surface area contributed by atoms with Gasteiger partial charge in [-0.25, -0.2) is 4.98 Å². The van der Waals surface area contributed by atoms with Gasteiger partial charge in [0.25, 0.3) is 0 Å². The predicted octanol–water partition coefficient (Wildman–Crippen LogP) is 3.09. The molecule has 0 fully saturated rings. The molecule has 0 aliphatic rings. The van der Waals surface area contributed by atoms with Crippen LogP contribution in [0.25, 0.3) is 0 Å². The van der Waals surface area contributed by atoms with Crippen molar-refractivity contribution in [1.29, 1.82) is 0 Å². The Morgan fingerprint density at radius 3 is 2.30 bits per heavy atom. The first kappa shape index (κ1) is 8.02. The smallest absolute Gasteiger partial charge is 0.140 e. The van der Waals surface area contributed by atoms with Crippen LogP contribution in [0.3, 0.4) is 0 Å². The van der Waals surface area contributed by atoms with Crippen molar-refractivity contribution in [2.75, 3.05) is 0 Å². The molecule has 0 atom stereocenters. The van der Waals surface area contributed by atoms with Crippen LogP contribution in [0.2, 0.25) is 5.15 Å². The molecular weight excluding hydrogens is 166 g/mol. The van der Waals surface area contributed by atoms with E-state index in [0.717, 1.165) is 5.01 Å². The monoisotopic (exact) mass is 175 g/mol. The third-order valence-corrected chi connectivity index (χ3v) is 2.71. The molecule has 0 radical (unpaired) electrons. The molecule has 0 N–H and O–H groups in total. The van der Waals surface area contributed by atoms with Crippen molar-refractivity contribution in [3.05, 3.63) is 15.5 Å². The molecule has 1 nitrogen and oxygen atoms in total. The fraction of sp³-hybridized carbons (Fsp3) is 0.571. The number of rotatable bonds is 0. The predicted molar refractivity (Wildman–Crippen MR) is 45.8 cm³/mol. The normalized spacial score (nSPS) is 12.0. The van der Waals surface area contributed by atoms with Crippen LogP contribution in [0.4, 0.5) is 0 Å². The van der Waals surface area contributed by atoms with E-state index in [2.05, 4.69) is 25.8 Å². The number of halogens is 1. The summed E-state index contributed by atoms with van der Waals surface area (Å²) in [6, 6.07) is 0. The molecule has 56 valence electrons. The Hall–Kier alpha value is -0.0800. The lowest BCUT2D eigenvalue weighted by Gasteiger charge is -2.13. The Bertz CT molecular complexity index is 224. The maximum Gasteiger partial charge on any atom is 0.140 e. The summed E-state index contributed by atoms with van der Waals surface area (Å²) in [6.07, 6.45) is 0. The van der Waals surface area contributed by atoms with Crippen LogP contribution in [0.15, 0.2) is 5.38 Å². The zero-order chi connectivity index (χ0) is 7.78. The van der Waals surface area contributed by atoms with Crippen molar-refractivity contribution < 1.29 is 0 Å². The second-order valence-corrected chi connectivity index (χ2v) is 4.47. The molecule has 0 aromatic carbocycles. The van der Waals surface area contributed by atoms with Gasteiger partial charge < -0.3 is 0 Å². The lowest BCUT2D eigenvalue weighted by Crippen LogP contribution is -2.09. The van der Waals surface area contributed by atoms with Gasteiger partial charge >= 0.3 is 0 Å². The second kappa shape index (κ2) is 2.51. The molecule has 0 aliphatic heterocycles. The van der Waals surface area contributed by atoms with Crippen LogP contribution in [0.1, 0.15) is 25.8 Å². The number of hydrogen-bond donors (Lipinski definition) is 0. The molecule has 0 unspecified atom stereocenters. The third-order valence-electron chi connectivity index (χ3n) is 1.12. The molecule has 0 aliphatic carbocycles. The summed E-state index contributed by atoms with van der Waals surface area (Å²) in [5, 5.41) is 3.56. The Balaban J connectivity index is 2.96. The van der Waals surface area contributed by atoms with E-state index in [9.17, 15) is 0 Å².